The molecule has 0 bridgehead atoms. The maximum absolute atomic E-state index is 8.64. The molecule has 0 amide bonds. The molecule has 0 saturated heterocycles. The molecule has 0 aliphatic rings. The van der Waals surface area contributed by atoms with Crippen molar-refractivity contribution >= 4 is 17.0 Å². The summed E-state index contributed by atoms with van der Waals surface area (Å²) >= 11 is 1.46. The van der Waals surface area contributed by atoms with Gasteiger partial charge in [-0.05, 0) is 18.4 Å². The van der Waals surface area contributed by atoms with Crippen molar-refractivity contribution in [1.82, 2.24) is 5.48 Å². The van der Waals surface area contributed by atoms with Crippen molar-refractivity contribution in [3.8, 4) is 0 Å². The van der Waals surface area contributed by atoms with Crippen LogP contribution in [0.3, 0.4) is 0 Å². The normalized spacial score (nSPS) is 14.7. The molecule has 4 nitrogen and oxygen atoms in total. The topological polar surface area (TPSA) is 64.8 Å². The minimum Gasteiger partial charge on any atom is -0.411 e. The number of hydroxylamine groups is 1. The summed E-state index contributed by atoms with van der Waals surface area (Å²) in [5.74, 6) is 0. The molecule has 12 heavy (non-hydrogen) atoms. The number of rotatable bonds is 3. The van der Waals surface area contributed by atoms with Gasteiger partial charge in [0.1, 0.15) is 5.71 Å². The van der Waals surface area contributed by atoms with E-state index in [1.165, 1.54) is 11.3 Å². The molecule has 0 radical (unpaired) electrons. The lowest BCUT2D eigenvalue weighted by Gasteiger charge is -2.08. The zero-order valence-corrected chi connectivity index (χ0v) is 7.38. The maximum Gasteiger partial charge on any atom is 0.116 e. The van der Waals surface area contributed by atoms with E-state index >= 15 is 0 Å². The predicted molar refractivity (Wildman–Crippen MR) is 47.0 cm³/mol. The fourth-order valence-electron chi connectivity index (χ4n) is 0.835. The smallest absolute Gasteiger partial charge is 0.116 e. The highest BCUT2D eigenvalue weighted by Gasteiger charge is 2.12. The molecular formula is C7H10N2O2S. The lowest BCUT2D eigenvalue weighted by Crippen LogP contribution is -2.31. The van der Waals surface area contributed by atoms with Crippen LogP contribution in [0, 0.1) is 0 Å². The quantitative estimate of drug-likeness (QED) is 0.378. The molecule has 0 unspecified atom stereocenters. The molecule has 0 saturated carbocycles. The van der Waals surface area contributed by atoms with Gasteiger partial charge in [0.05, 0.1) is 10.9 Å². The van der Waals surface area contributed by atoms with Gasteiger partial charge in [0.15, 0.2) is 0 Å². The first-order valence-electron chi connectivity index (χ1n) is 3.45. The van der Waals surface area contributed by atoms with Crippen LogP contribution in [-0.2, 0) is 0 Å². The van der Waals surface area contributed by atoms with Crippen molar-refractivity contribution in [2.24, 2.45) is 5.16 Å². The van der Waals surface area contributed by atoms with Gasteiger partial charge in [0.2, 0.25) is 0 Å². The van der Waals surface area contributed by atoms with Crippen LogP contribution in [0.2, 0.25) is 0 Å². The molecule has 0 spiro atoms. The average Bonchev–Trinajstić information content (AvgIpc) is 2.58. The zero-order chi connectivity index (χ0) is 8.97. The van der Waals surface area contributed by atoms with Gasteiger partial charge < -0.3 is 10.4 Å². The van der Waals surface area contributed by atoms with Crippen molar-refractivity contribution in [3.05, 3.63) is 22.4 Å². The van der Waals surface area contributed by atoms with E-state index in [0.717, 1.165) is 4.88 Å². The van der Waals surface area contributed by atoms with E-state index in [9.17, 15) is 0 Å². The number of hydrogen-bond acceptors (Lipinski definition) is 5. The van der Waals surface area contributed by atoms with Crippen LogP contribution in [0.5, 0.6) is 0 Å². The number of oxime groups is 1. The van der Waals surface area contributed by atoms with Crippen LogP contribution in [0.1, 0.15) is 11.8 Å². The first-order chi connectivity index (χ1) is 5.79. The van der Waals surface area contributed by atoms with Gasteiger partial charge in [-0.1, -0.05) is 11.2 Å². The Balaban J connectivity index is 2.85. The Labute approximate surface area is 74.1 Å². The van der Waals surface area contributed by atoms with Gasteiger partial charge in [-0.3, -0.25) is 0 Å². The van der Waals surface area contributed by atoms with E-state index < -0.39 is 0 Å². The highest BCUT2D eigenvalue weighted by atomic mass is 32.1. The lowest BCUT2D eigenvalue weighted by atomic mass is 10.2. The van der Waals surface area contributed by atoms with Crippen LogP contribution in [0.25, 0.3) is 0 Å². The van der Waals surface area contributed by atoms with Crippen molar-refractivity contribution < 1.29 is 10.4 Å². The number of nitrogens with zero attached hydrogens (tertiary/aromatic N) is 1. The molecule has 1 heterocycles. The van der Waals surface area contributed by atoms with Crippen LogP contribution in [0.15, 0.2) is 22.7 Å². The van der Waals surface area contributed by atoms with E-state index in [0.29, 0.717) is 5.71 Å². The Kier molecular flexibility index (Phi) is 3.21. The summed E-state index contributed by atoms with van der Waals surface area (Å²) in [6, 6.07) is 3.32. The summed E-state index contributed by atoms with van der Waals surface area (Å²) < 4.78 is 0. The molecule has 1 atom stereocenters. The summed E-state index contributed by atoms with van der Waals surface area (Å²) in [6.07, 6.45) is 0. The molecule has 1 aromatic heterocycles. The number of nitrogens with one attached hydrogen (secondary N) is 1. The molecule has 0 aliphatic carbocycles. The molecule has 1 rings (SSSR count). The van der Waals surface area contributed by atoms with E-state index in [4.69, 9.17) is 10.4 Å². The molecular weight excluding hydrogens is 176 g/mol. The summed E-state index contributed by atoms with van der Waals surface area (Å²) in [5, 5.41) is 22.2. The van der Waals surface area contributed by atoms with Gasteiger partial charge in [-0.15, -0.1) is 11.3 Å². The minimum atomic E-state index is -0.367. The van der Waals surface area contributed by atoms with Crippen LogP contribution < -0.4 is 5.48 Å². The first kappa shape index (κ1) is 9.18. The van der Waals surface area contributed by atoms with Crippen LogP contribution >= 0.6 is 11.3 Å². The fourth-order valence-corrected chi connectivity index (χ4v) is 1.63. The SMILES string of the molecule is C[C@@H](NO)/C(=N/O)c1cccs1. The monoisotopic (exact) mass is 186 g/mol. The Morgan fingerprint density at radius 2 is 2.50 bits per heavy atom. The molecule has 5 heteroatoms. The maximum atomic E-state index is 8.64. The highest BCUT2D eigenvalue weighted by molar-refractivity contribution is 7.12. The Bertz CT molecular complexity index is 258. The lowest BCUT2D eigenvalue weighted by molar-refractivity contribution is 0.154. The number of hydrogen-bond donors (Lipinski definition) is 3. The third-order valence-electron chi connectivity index (χ3n) is 1.49. The average molecular weight is 186 g/mol. The third kappa shape index (κ3) is 1.82. The van der Waals surface area contributed by atoms with Crippen molar-refractivity contribution in [2.75, 3.05) is 0 Å². The summed E-state index contributed by atoms with van der Waals surface area (Å²) in [4.78, 5) is 0.839. The van der Waals surface area contributed by atoms with E-state index in [1.54, 1.807) is 6.92 Å². The highest BCUT2D eigenvalue weighted by Crippen LogP contribution is 2.11. The molecule has 66 valence electrons. The Morgan fingerprint density at radius 3 is 2.92 bits per heavy atom. The van der Waals surface area contributed by atoms with Crippen molar-refractivity contribution in [2.45, 2.75) is 13.0 Å². The van der Waals surface area contributed by atoms with E-state index in [-0.39, 0.29) is 6.04 Å². The second-order valence-corrected chi connectivity index (χ2v) is 3.26. The summed E-state index contributed by atoms with van der Waals surface area (Å²) in [5.41, 5.74) is 2.46. The Hall–Kier alpha value is -0.910. The zero-order valence-electron chi connectivity index (χ0n) is 6.56. The van der Waals surface area contributed by atoms with Gasteiger partial charge in [-0.2, -0.15) is 5.48 Å². The van der Waals surface area contributed by atoms with Crippen molar-refractivity contribution in [1.29, 1.82) is 0 Å². The molecule has 0 fully saturated rings. The van der Waals surface area contributed by atoms with Crippen LogP contribution in [-0.4, -0.2) is 22.2 Å². The van der Waals surface area contributed by atoms with Gasteiger partial charge in [-0.25, -0.2) is 0 Å². The third-order valence-corrected chi connectivity index (χ3v) is 2.38. The van der Waals surface area contributed by atoms with E-state index in [2.05, 4.69) is 5.16 Å². The standard InChI is InChI=1S/C7H10N2O2S/c1-5(8-10)7(9-11)6-3-2-4-12-6/h2-5,8,10-11H,1H3/b9-7-/t5-/m1/s1. The van der Waals surface area contributed by atoms with Gasteiger partial charge in [0.25, 0.3) is 0 Å². The summed E-state index contributed by atoms with van der Waals surface area (Å²) in [6.45, 7) is 1.70. The summed E-state index contributed by atoms with van der Waals surface area (Å²) in [7, 11) is 0. The van der Waals surface area contributed by atoms with E-state index in [1.807, 2.05) is 23.0 Å². The number of thiophene rings is 1. The van der Waals surface area contributed by atoms with Gasteiger partial charge in [0, 0.05) is 0 Å². The molecule has 0 aliphatic heterocycles. The Morgan fingerprint density at radius 1 is 1.75 bits per heavy atom. The largest absolute Gasteiger partial charge is 0.411 e. The predicted octanol–water partition coefficient (Wildman–Crippen LogP) is 1.29. The fraction of sp³-hybridized carbons (Fsp3) is 0.286. The minimum absolute atomic E-state index is 0.367. The second kappa shape index (κ2) is 4.20. The molecule has 3 N–H and O–H groups in total. The van der Waals surface area contributed by atoms with Crippen molar-refractivity contribution in [3.63, 3.8) is 0 Å². The van der Waals surface area contributed by atoms with Crippen LogP contribution in [0.4, 0.5) is 0 Å². The molecule has 1 aromatic rings. The molecule has 0 aromatic carbocycles. The first-order valence-corrected chi connectivity index (χ1v) is 4.33. The van der Waals surface area contributed by atoms with Gasteiger partial charge >= 0.3 is 0 Å². The second-order valence-electron chi connectivity index (χ2n) is 2.31.